The van der Waals surface area contributed by atoms with Crippen molar-refractivity contribution in [1.29, 1.82) is 0 Å². The largest absolute Gasteiger partial charge is 0.481 e. The molecule has 0 aliphatic heterocycles. The van der Waals surface area contributed by atoms with Gasteiger partial charge in [-0.05, 0) is 19.8 Å². The molecule has 0 spiro atoms. The Hall–Kier alpha value is -1.32. The van der Waals surface area contributed by atoms with E-state index in [1.54, 1.807) is 6.92 Å². The van der Waals surface area contributed by atoms with Gasteiger partial charge < -0.3 is 9.84 Å². The lowest BCUT2D eigenvalue weighted by Gasteiger charge is -2.04. The summed E-state index contributed by atoms with van der Waals surface area (Å²) < 4.78 is 4.93. The van der Waals surface area contributed by atoms with Crippen molar-refractivity contribution in [3.8, 4) is 0 Å². The van der Waals surface area contributed by atoms with Crippen LogP contribution in [0.1, 0.15) is 122 Å². The van der Waals surface area contributed by atoms with Crippen molar-refractivity contribution in [3.05, 3.63) is 12.3 Å². The van der Waals surface area contributed by atoms with Crippen molar-refractivity contribution in [2.24, 2.45) is 0 Å². The molecule has 0 saturated heterocycles. The normalized spacial score (nSPS) is 10.7. The lowest BCUT2D eigenvalue weighted by Crippen LogP contribution is -2.01. The smallest absolute Gasteiger partial charge is 0.310 e. The highest BCUT2D eigenvalue weighted by atomic mass is 16.5. The zero-order valence-electron chi connectivity index (χ0n) is 17.6. The molecule has 0 rings (SSSR count). The maximum atomic E-state index is 11.3. The van der Waals surface area contributed by atoms with E-state index in [1.165, 1.54) is 77.0 Å². The van der Waals surface area contributed by atoms with Crippen LogP contribution in [-0.2, 0) is 14.3 Å². The van der Waals surface area contributed by atoms with Crippen LogP contribution >= 0.6 is 0 Å². The van der Waals surface area contributed by atoms with Gasteiger partial charge in [0.25, 0.3) is 0 Å². The fraction of sp³-hybridized carbons (Fsp3) is 0.826. The quantitative estimate of drug-likeness (QED) is 0.138. The number of esters is 1. The van der Waals surface area contributed by atoms with E-state index < -0.39 is 5.97 Å². The summed E-state index contributed by atoms with van der Waals surface area (Å²) in [5.41, 5.74) is 0. The number of carboxylic acid groups (broad SMARTS) is 1. The van der Waals surface area contributed by atoms with Crippen LogP contribution in [-0.4, -0.2) is 17.0 Å². The molecular formula is C23H42O4. The van der Waals surface area contributed by atoms with E-state index in [1.807, 2.05) is 0 Å². The van der Waals surface area contributed by atoms with Gasteiger partial charge in [0.1, 0.15) is 0 Å². The molecule has 0 aromatic carbocycles. The van der Waals surface area contributed by atoms with Gasteiger partial charge >= 0.3 is 11.9 Å². The number of hydrogen-bond donors (Lipinski definition) is 1. The molecule has 0 radical (unpaired) electrons. The van der Waals surface area contributed by atoms with Crippen molar-refractivity contribution < 1.29 is 19.4 Å². The van der Waals surface area contributed by atoms with Gasteiger partial charge in [-0.15, -0.1) is 0 Å². The SMILES string of the molecule is C=C(C)OC(=O)CCCCCCCCCCCCCCCCCCC(=O)O. The van der Waals surface area contributed by atoms with Gasteiger partial charge in [-0.3, -0.25) is 9.59 Å². The molecule has 4 heteroatoms. The molecule has 0 fully saturated rings. The predicted octanol–water partition coefficient (Wildman–Crippen LogP) is 7.17. The summed E-state index contributed by atoms with van der Waals surface area (Å²) in [7, 11) is 0. The van der Waals surface area contributed by atoms with E-state index in [0.29, 0.717) is 18.6 Å². The standard InChI is InChI=1S/C23H42O4/c1-21(2)27-23(26)20-18-16-14-12-10-8-6-4-3-5-7-9-11-13-15-17-19-22(24)25/h1,3-20H2,2H3,(H,24,25). The summed E-state index contributed by atoms with van der Waals surface area (Å²) in [5, 5.41) is 8.56. The second kappa shape index (κ2) is 19.4. The van der Waals surface area contributed by atoms with Crippen LogP contribution in [0.5, 0.6) is 0 Å². The van der Waals surface area contributed by atoms with Crippen LogP contribution in [0.15, 0.2) is 12.3 Å². The maximum absolute atomic E-state index is 11.3. The van der Waals surface area contributed by atoms with Crippen molar-refractivity contribution in [1.82, 2.24) is 0 Å². The van der Waals surface area contributed by atoms with E-state index in [0.717, 1.165) is 25.7 Å². The minimum atomic E-state index is -0.670. The maximum Gasteiger partial charge on any atom is 0.310 e. The van der Waals surface area contributed by atoms with Gasteiger partial charge in [-0.25, -0.2) is 0 Å². The Morgan fingerprint density at radius 3 is 1.22 bits per heavy atom. The highest BCUT2D eigenvalue weighted by Gasteiger charge is 2.02. The topological polar surface area (TPSA) is 63.6 Å². The summed E-state index contributed by atoms with van der Waals surface area (Å²) >= 11 is 0. The predicted molar refractivity (Wildman–Crippen MR) is 112 cm³/mol. The third-order valence-corrected chi connectivity index (χ3v) is 4.81. The molecule has 4 nitrogen and oxygen atoms in total. The summed E-state index contributed by atoms with van der Waals surface area (Å²) in [4.78, 5) is 21.7. The average molecular weight is 383 g/mol. The summed E-state index contributed by atoms with van der Waals surface area (Å²) in [5.74, 6) is -0.343. The minimum Gasteiger partial charge on any atom is -0.481 e. The Morgan fingerprint density at radius 2 is 0.926 bits per heavy atom. The minimum absolute atomic E-state index is 0.152. The molecule has 0 unspecified atom stereocenters. The third-order valence-electron chi connectivity index (χ3n) is 4.81. The van der Waals surface area contributed by atoms with Gasteiger partial charge in [0.15, 0.2) is 0 Å². The fourth-order valence-corrected chi connectivity index (χ4v) is 3.27. The molecule has 27 heavy (non-hydrogen) atoms. The number of unbranched alkanes of at least 4 members (excludes halogenated alkanes) is 15. The van der Waals surface area contributed by atoms with Gasteiger partial charge in [0.05, 0.1) is 5.76 Å². The number of carboxylic acids is 1. The first kappa shape index (κ1) is 25.7. The van der Waals surface area contributed by atoms with Crippen LogP contribution in [0.4, 0.5) is 0 Å². The Kier molecular flexibility index (Phi) is 18.5. The van der Waals surface area contributed by atoms with Gasteiger partial charge in [-0.1, -0.05) is 96.5 Å². The summed E-state index contributed by atoms with van der Waals surface area (Å²) in [6.45, 7) is 5.27. The Labute approximate surface area is 166 Å². The summed E-state index contributed by atoms with van der Waals surface area (Å²) in [6.07, 6.45) is 20.4. The Balaban J connectivity index is 3.10. The first-order valence-corrected chi connectivity index (χ1v) is 11.1. The lowest BCUT2D eigenvalue weighted by molar-refractivity contribution is -0.139. The second-order valence-electron chi connectivity index (χ2n) is 7.73. The number of carbonyl (C=O) groups excluding carboxylic acids is 1. The molecule has 0 aliphatic rings. The molecule has 0 aromatic rings. The molecule has 0 heterocycles. The van der Waals surface area contributed by atoms with Gasteiger partial charge in [0.2, 0.25) is 0 Å². The first-order valence-electron chi connectivity index (χ1n) is 11.1. The number of allylic oxidation sites excluding steroid dienone is 1. The van der Waals surface area contributed by atoms with Crippen molar-refractivity contribution >= 4 is 11.9 Å². The van der Waals surface area contributed by atoms with Crippen molar-refractivity contribution in [3.63, 3.8) is 0 Å². The molecule has 0 saturated carbocycles. The van der Waals surface area contributed by atoms with Crippen LogP contribution in [0.25, 0.3) is 0 Å². The molecule has 0 bridgehead atoms. The molecule has 0 amide bonds. The molecule has 1 N–H and O–H groups in total. The number of hydrogen-bond acceptors (Lipinski definition) is 3. The molecule has 0 aliphatic carbocycles. The van der Waals surface area contributed by atoms with E-state index in [-0.39, 0.29) is 5.97 Å². The molecule has 0 atom stereocenters. The zero-order chi connectivity index (χ0) is 20.2. The van der Waals surface area contributed by atoms with E-state index >= 15 is 0 Å². The second-order valence-corrected chi connectivity index (χ2v) is 7.73. The molecular weight excluding hydrogens is 340 g/mol. The van der Waals surface area contributed by atoms with Crippen molar-refractivity contribution in [2.75, 3.05) is 0 Å². The number of aliphatic carboxylic acids is 1. The Bertz CT molecular complexity index is 390. The van der Waals surface area contributed by atoms with E-state index in [4.69, 9.17) is 9.84 Å². The number of carbonyl (C=O) groups is 2. The average Bonchev–Trinajstić information content (AvgIpc) is 2.59. The third kappa shape index (κ3) is 22.6. The van der Waals surface area contributed by atoms with Gasteiger partial charge in [0, 0.05) is 12.8 Å². The van der Waals surface area contributed by atoms with Crippen molar-refractivity contribution in [2.45, 2.75) is 122 Å². The highest BCUT2D eigenvalue weighted by Crippen LogP contribution is 2.14. The van der Waals surface area contributed by atoms with Crippen LogP contribution in [0.3, 0.4) is 0 Å². The zero-order valence-corrected chi connectivity index (χ0v) is 17.6. The van der Waals surface area contributed by atoms with Crippen LogP contribution in [0.2, 0.25) is 0 Å². The molecule has 0 aromatic heterocycles. The number of ether oxygens (including phenoxy) is 1. The summed E-state index contributed by atoms with van der Waals surface area (Å²) in [6, 6.07) is 0. The number of rotatable bonds is 20. The Morgan fingerprint density at radius 1 is 0.630 bits per heavy atom. The highest BCUT2D eigenvalue weighted by molar-refractivity contribution is 5.70. The first-order chi connectivity index (χ1) is 13.0. The van der Waals surface area contributed by atoms with Gasteiger partial charge in [-0.2, -0.15) is 0 Å². The van der Waals surface area contributed by atoms with E-state index in [2.05, 4.69) is 6.58 Å². The molecule has 158 valence electrons. The van der Waals surface area contributed by atoms with Crippen LogP contribution < -0.4 is 0 Å². The monoisotopic (exact) mass is 382 g/mol. The fourth-order valence-electron chi connectivity index (χ4n) is 3.27. The lowest BCUT2D eigenvalue weighted by atomic mass is 10.0. The van der Waals surface area contributed by atoms with E-state index in [9.17, 15) is 9.59 Å². The van der Waals surface area contributed by atoms with Crippen LogP contribution in [0, 0.1) is 0 Å².